The molecule has 2 aromatic rings. The number of hydrogen-bond donors (Lipinski definition) is 1. The van der Waals surface area contributed by atoms with Crippen LogP contribution in [-0.2, 0) is 11.3 Å². The fourth-order valence-corrected chi connectivity index (χ4v) is 1.95. The minimum absolute atomic E-state index is 0.312. The highest BCUT2D eigenvalue weighted by Gasteiger charge is 1.97. The van der Waals surface area contributed by atoms with Gasteiger partial charge < -0.3 is 10.1 Å². The van der Waals surface area contributed by atoms with Crippen LogP contribution in [0.15, 0.2) is 42.5 Å². The Hall–Kier alpha value is -1.38. The van der Waals surface area contributed by atoms with Gasteiger partial charge in [-0.05, 0) is 36.2 Å². The molecule has 0 fully saturated rings. The highest BCUT2D eigenvalue weighted by atomic mass is 16.5. The van der Waals surface area contributed by atoms with Crippen LogP contribution in [0.25, 0.3) is 10.8 Å². The summed E-state index contributed by atoms with van der Waals surface area (Å²) in [6, 6.07) is 15.0. The van der Waals surface area contributed by atoms with Crippen molar-refractivity contribution in [2.24, 2.45) is 0 Å². The zero-order valence-corrected chi connectivity index (χ0v) is 11.1. The number of rotatable bonds is 6. The molecule has 0 heterocycles. The Morgan fingerprint density at radius 1 is 1.06 bits per heavy atom. The predicted octanol–water partition coefficient (Wildman–Crippen LogP) is 3.35. The lowest BCUT2D eigenvalue weighted by atomic mass is 10.1. The van der Waals surface area contributed by atoms with Crippen LogP contribution in [-0.4, -0.2) is 19.3 Å². The normalized spacial score (nSPS) is 11.3. The van der Waals surface area contributed by atoms with Crippen LogP contribution in [0.1, 0.15) is 19.4 Å². The topological polar surface area (TPSA) is 21.3 Å². The fraction of sp³-hybridized carbons (Fsp3) is 0.375. The van der Waals surface area contributed by atoms with E-state index in [9.17, 15) is 0 Å². The summed E-state index contributed by atoms with van der Waals surface area (Å²) in [6.07, 6.45) is 0.312. The summed E-state index contributed by atoms with van der Waals surface area (Å²) in [7, 11) is 0. The molecule has 2 rings (SSSR count). The van der Waals surface area contributed by atoms with Crippen LogP contribution in [0.5, 0.6) is 0 Å². The van der Waals surface area contributed by atoms with E-state index < -0.39 is 0 Å². The predicted molar refractivity (Wildman–Crippen MR) is 76.7 cm³/mol. The van der Waals surface area contributed by atoms with Gasteiger partial charge in [0.2, 0.25) is 0 Å². The SMILES string of the molecule is CC(C)OCCNCc1ccc2ccccc2c1. The summed E-state index contributed by atoms with van der Waals surface area (Å²) in [5.41, 5.74) is 1.32. The Labute approximate surface area is 109 Å². The molecule has 0 bridgehead atoms. The van der Waals surface area contributed by atoms with Crippen LogP contribution in [0, 0.1) is 0 Å². The highest BCUT2D eigenvalue weighted by molar-refractivity contribution is 5.82. The first kappa shape index (κ1) is 13.1. The van der Waals surface area contributed by atoms with Crippen LogP contribution >= 0.6 is 0 Å². The van der Waals surface area contributed by atoms with Crippen molar-refractivity contribution >= 4 is 10.8 Å². The molecule has 0 unspecified atom stereocenters. The molecule has 0 saturated carbocycles. The van der Waals surface area contributed by atoms with E-state index in [1.807, 2.05) is 0 Å². The van der Waals surface area contributed by atoms with Crippen molar-refractivity contribution in [1.82, 2.24) is 5.32 Å². The summed E-state index contributed by atoms with van der Waals surface area (Å²) in [4.78, 5) is 0. The summed E-state index contributed by atoms with van der Waals surface area (Å²) in [6.45, 7) is 6.68. The molecule has 0 atom stereocenters. The van der Waals surface area contributed by atoms with E-state index in [2.05, 4.69) is 61.6 Å². The van der Waals surface area contributed by atoms with Gasteiger partial charge in [0.15, 0.2) is 0 Å². The molecule has 0 radical (unpaired) electrons. The van der Waals surface area contributed by atoms with E-state index >= 15 is 0 Å². The van der Waals surface area contributed by atoms with Gasteiger partial charge in [0.1, 0.15) is 0 Å². The summed E-state index contributed by atoms with van der Waals surface area (Å²) >= 11 is 0. The first-order chi connectivity index (χ1) is 8.75. The Bertz CT molecular complexity index is 493. The number of fused-ring (bicyclic) bond motifs is 1. The molecule has 0 aliphatic rings. The Morgan fingerprint density at radius 3 is 2.61 bits per heavy atom. The van der Waals surface area contributed by atoms with Gasteiger partial charge in [-0.2, -0.15) is 0 Å². The number of nitrogens with one attached hydrogen (secondary N) is 1. The van der Waals surface area contributed by atoms with Gasteiger partial charge >= 0.3 is 0 Å². The Kier molecular flexibility index (Phi) is 4.73. The first-order valence-electron chi connectivity index (χ1n) is 6.56. The van der Waals surface area contributed by atoms with Gasteiger partial charge in [0.05, 0.1) is 12.7 Å². The van der Waals surface area contributed by atoms with Gasteiger partial charge in [-0.3, -0.25) is 0 Å². The molecule has 0 aromatic heterocycles. The van der Waals surface area contributed by atoms with Crippen LogP contribution in [0.4, 0.5) is 0 Å². The maximum Gasteiger partial charge on any atom is 0.0594 e. The van der Waals surface area contributed by atoms with E-state index in [0.29, 0.717) is 6.10 Å². The van der Waals surface area contributed by atoms with Gasteiger partial charge in [-0.25, -0.2) is 0 Å². The molecule has 0 aliphatic carbocycles. The quantitative estimate of drug-likeness (QED) is 0.786. The lowest BCUT2D eigenvalue weighted by Crippen LogP contribution is -2.20. The third kappa shape index (κ3) is 3.83. The number of ether oxygens (including phenoxy) is 1. The number of hydrogen-bond acceptors (Lipinski definition) is 2. The standard InChI is InChI=1S/C16H21NO/c1-13(2)18-10-9-17-12-14-7-8-15-5-3-4-6-16(15)11-14/h3-8,11,13,17H,9-10,12H2,1-2H3. The maximum atomic E-state index is 5.49. The Balaban J connectivity index is 1.84. The molecule has 0 spiro atoms. The second-order valence-electron chi connectivity index (χ2n) is 4.78. The van der Waals surface area contributed by atoms with Crippen LogP contribution in [0.3, 0.4) is 0 Å². The second-order valence-corrected chi connectivity index (χ2v) is 4.78. The summed E-state index contributed by atoms with van der Waals surface area (Å²) in [5, 5.41) is 5.99. The lowest BCUT2D eigenvalue weighted by molar-refractivity contribution is 0.0807. The molecule has 1 N–H and O–H groups in total. The van der Waals surface area contributed by atoms with Crippen LogP contribution < -0.4 is 5.32 Å². The molecule has 2 heteroatoms. The lowest BCUT2D eigenvalue weighted by Gasteiger charge is -2.09. The van der Waals surface area contributed by atoms with Crippen molar-refractivity contribution in [3.8, 4) is 0 Å². The maximum absolute atomic E-state index is 5.49. The van der Waals surface area contributed by atoms with Crippen molar-refractivity contribution in [2.45, 2.75) is 26.5 Å². The summed E-state index contributed by atoms with van der Waals surface area (Å²) < 4.78 is 5.49. The molecule has 0 saturated heterocycles. The number of benzene rings is 2. The second kappa shape index (κ2) is 6.53. The van der Waals surface area contributed by atoms with E-state index in [1.54, 1.807) is 0 Å². The molecule has 2 nitrogen and oxygen atoms in total. The van der Waals surface area contributed by atoms with Gasteiger partial charge in [0.25, 0.3) is 0 Å². The van der Waals surface area contributed by atoms with Crippen molar-refractivity contribution < 1.29 is 4.74 Å². The highest BCUT2D eigenvalue weighted by Crippen LogP contribution is 2.15. The van der Waals surface area contributed by atoms with Gasteiger partial charge in [-0.15, -0.1) is 0 Å². The minimum Gasteiger partial charge on any atom is -0.377 e. The molecular weight excluding hydrogens is 222 g/mol. The molecule has 0 amide bonds. The molecule has 18 heavy (non-hydrogen) atoms. The van der Waals surface area contributed by atoms with E-state index in [0.717, 1.165) is 19.7 Å². The Morgan fingerprint density at radius 2 is 1.83 bits per heavy atom. The fourth-order valence-electron chi connectivity index (χ4n) is 1.95. The third-order valence-corrected chi connectivity index (χ3v) is 2.87. The van der Waals surface area contributed by atoms with E-state index in [1.165, 1.54) is 16.3 Å². The van der Waals surface area contributed by atoms with E-state index in [4.69, 9.17) is 4.74 Å². The van der Waals surface area contributed by atoms with E-state index in [-0.39, 0.29) is 0 Å². The molecule has 0 aliphatic heterocycles. The summed E-state index contributed by atoms with van der Waals surface area (Å²) in [5.74, 6) is 0. The minimum atomic E-state index is 0.312. The largest absolute Gasteiger partial charge is 0.377 e. The van der Waals surface area contributed by atoms with Crippen molar-refractivity contribution in [1.29, 1.82) is 0 Å². The first-order valence-corrected chi connectivity index (χ1v) is 6.56. The van der Waals surface area contributed by atoms with Gasteiger partial charge in [0, 0.05) is 13.1 Å². The zero-order chi connectivity index (χ0) is 12.8. The molecular formula is C16H21NO. The monoisotopic (exact) mass is 243 g/mol. The third-order valence-electron chi connectivity index (χ3n) is 2.87. The van der Waals surface area contributed by atoms with Crippen molar-refractivity contribution in [3.05, 3.63) is 48.0 Å². The van der Waals surface area contributed by atoms with Crippen molar-refractivity contribution in [3.63, 3.8) is 0 Å². The average Bonchev–Trinajstić information content (AvgIpc) is 2.38. The average molecular weight is 243 g/mol. The molecule has 2 aromatic carbocycles. The van der Waals surface area contributed by atoms with Crippen molar-refractivity contribution in [2.75, 3.05) is 13.2 Å². The smallest absolute Gasteiger partial charge is 0.0594 e. The van der Waals surface area contributed by atoms with Crippen LogP contribution in [0.2, 0.25) is 0 Å². The zero-order valence-electron chi connectivity index (χ0n) is 11.1. The van der Waals surface area contributed by atoms with Gasteiger partial charge in [-0.1, -0.05) is 36.4 Å². The molecule has 96 valence electrons.